The summed E-state index contributed by atoms with van der Waals surface area (Å²) in [5.41, 5.74) is 3.65. The Morgan fingerprint density at radius 2 is 1.96 bits per heavy atom. The van der Waals surface area contributed by atoms with Crippen molar-refractivity contribution in [3.63, 3.8) is 0 Å². The number of rotatable bonds is 5. The van der Waals surface area contributed by atoms with Gasteiger partial charge in [-0.2, -0.15) is 5.10 Å². The quantitative estimate of drug-likeness (QED) is 0.656. The van der Waals surface area contributed by atoms with Gasteiger partial charge in [0.05, 0.1) is 12.0 Å². The van der Waals surface area contributed by atoms with Gasteiger partial charge in [-0.1, -0.05) is 0 Å². The first-order chi connectivity index (χ1) is 11.0. The van der Waals surface area contributed by atoms with Crippen molar-refractivity contribution < 1.29 is 14.0 Å². The number of carbonyl (C=O) groups excluding carboxylic acids is 2. The number of nitrogens with one attached hydrogen (secondary N) is 2. The van der Waals surface area contributed by atoms with Crippen LogP contribution in [0.3, 0.4) is 0 Å². The summed E-state index contributed by atoms with van der Waals surface area (Å²) in [4.78, 5) is 27.4. The van der Waals surface area contributed by atoms with Crippen LogP contribution in [0.15, 0.2) is 53.9 Å². The molecule has 2 rings (SSSR count). The third-order valence-electron chi connectivity index (χ3n) is 2.82. The first-order valence-corrected chi connectivity index (χ1v) is 6.83. The standard InChI is InChI=1S/C16H15FN4O2/c1-11(20-21-16(23)12-3-2-8-18-10-12)9-15(22)19-14-6-4-13(17)5-7-14/h2-8,10H,9H2,1H3,(H,19,22)(H,21,23). The molecule has 0 fully saturated rings. The van der Waals surface area contributed by atoms with Crippen LogP contribution in [0.25, 0.3) is 0 Å². The lowest BCUT2D eigenvalue weighted by Gasteiger charge is -2.05. The highest BCUT2D eigenvalue weighted by molar-refractivity contribution is 6.06. The van der Waals surface area contributed by atoms with E-state index in [0.717, 1.165) is 0 Å². The first kappa shape index (κ1) is 16.3. The molecule has 0 atom stereocenters. The van der Waals surface area contributed by atoms with E-state index < -0.39 is 5.91 Å². The minimum absolute atomic E-state index is 0.00466. The fraction of sp³-hybridized carbons (Fsp3) is 0.125. The first-order valence-electron chi connectivity index (χ1n) is 6.83. The second-order valence-electron chi connectivity index (χ2n) is 4.76. The maximum atomic E-state index is 12.8. The molecule has 1 aromatic carbocycles. The van der Waals surface area contributed by atoms with Gasteiger partial charge in [-0.05, 0) is 43.3 Å². The number of pyridine rings is 1. The lowest BCUT2D eigenvalue weighted by molar-refractivity contribution is -0.115. The Morgan fingerprint density at radius 1 is 1.22 bits per heavy atom. The van der Waals surface area contributed by atoms with Crippen molar-refractivity contribution in [3.8, 4) is 0 Å². The van der Waals surface area contributed by atoms with Gasteiger partial charge in [0.1, 0.15) is 5.82 Å². The Balaban J connectivity index is 1.85. The minimum Gasteiger partial charge on any atom is -0.326 e. The second-order valence-corrected chi connectivity index (χ2v) is 4.76. The van der Waals surface area contributed by atoms with E-state index in [1.165, 1.54) is 30.5 Å². The zero-order valence-electron chi connectivity index (χ0n) is 12.4. The van der Waals surface area contributed by atoms with E-state index >= 15 is 0 Å². The van der Waals surface area contributed by atoms with Crippen LogP contribution in [-0.4, -0.2) is 22.5 Å². The number of nitrogens with zero attached hydrogens (tertiary/aromatic N) is 2. The Kier molecular flexibility index (Phi) is 5.51. The van der Waals surface area contributed by atoms with Crippen molar-refractivity contribution in [2.24, 2.45) is 5.10 Å². The summed E-state index contributed by atoms with van der Waals surface area (Å²) in [6.45, 7) is 1.62. The van der Waals surface area contributed by atoms with Crippen molar-refractivity contribution in [2.75, 3.05) is 5.32 Å². The van der Waals surface area contributed by atoms with Crippen LogP contribution >= 0.6 is 0 Å². The van der Waals surface area contributed by atoms with E-state index in [2.05, 4.69) is 20.8 Å². The summed E-state index contributed by atoms with van der Waals surface area (Å²) in [6.07, 6.45) is 2.98. The number of carbonyl (C=O) groups is 2. The van der Waals surface area contributed by atoms with Crippen LogP contribution in [-0.2, 0) is 4.79 Å². The monoisotopic (exact) mass is 314 g/mol. The summed E-state index contributed by atoms with van der Waals surface area (Å²) in [5.74, 6) is -1.09. The lowest BCUT2D eigenvalue weighted by Crippen LogP contribution is -2.21. The van der Waals surface area contributed by atoms with E-state index in [4.69, 9.17) is 0 Å². The smallest absolute Gasteiger partial charge is 0.272 e. The predicted molar refractivity (Wildman–Crippen MR) is 84.5 cm³/mol. The minimum atomic E-state index is -0.406. The molecule has 0 aliphatic heterocycles. The van der Waals surface area contributed by atoms with Gasteiger partial charge in [0, 0.05) is 23.8 Å². The molecule has 118 valence electrons. The van der Waals surface area contributed by atoms with Crippen LogP contribution in [0.2, 0.25) is 0 Å². The number of hydrogen-bond donors (Lipinski definition) is 2. The number of hydrazone groups is 1. The van der Waals surface area contributed by atoms with Crippen molar-refractivity contribution in [1.82, 2.24) is 10.4 Å². The highest BCUT2D eigenvalue weighted by Gasteiger charge is 2.07. The zero-order chi connectivity index (χ0) is 16.7. The van der Waals surface area contributed by atoms with Crippen molar-refractivity contribution >= 4 is 23.2 Å². The van der Waals surface area contributed by atoms with Gasteiger partial charge in [-0.15, -0.1) is 0 Å². The van der Waals surface area contributed by atoms with Crippen LogP contribution in [0.1, 0.15) is 23.7 Å². The maximum absolute atomic E-state index is 12.8. The van der Waals surface area contributed by atoms with Gasteiger partial charge in [0.25, 0.3) is 5.91 Å². The highest BCUT2D eigenvalue weighted by Crippen LogP contribution is 2.08. The van der Waals surface area contributed by atoms with Crippen molar-refractivity contribution in [2.45, 2.75) is 13.3 Å². The number of aromatic nitrogens is 1. The fourth-order valence-corrected chi connectivity index (χ4v) is 1.72. The number of anilines is 1. The fourth-order valence-electron chi connectivity index (χ4n) is 1.72. The predicted octanol–water partition coefficient (Wildman–Crippen LogP) is 2.36. The van der Waals surface area contributed by atoms with Crippen LogP contribution in [0, 0.1) is 5.82 Å². The molecule has 1 aromatic heterocycles. The maximum Gasteiger partial charge on any atom is 0.272 e. The van der Waals surface area contributed by atoms with Crippen LogP contribution in [0.4, 0.5) is 10.1 Å². The van der Waals surface area contributed by atoms with Gasteiger partial charge in [0.15, 0.2) is 0 Å². The summed E-state index contributed by atoms with van der Waals surface area (Å²) < 4.78 is 12.8. The number of amides is 2. The van der Waals surface area contributed by atoms with Gasteiger partial charge in [-0.25, -0.2) is 9.82 Å². The molecule has 7 heteroatoms. The third-order valence-corrected chi connectivity index (χ3v) is 2.82. The molecule has 2 amide bonds. The topological polar surface area (TPSA) is 83.5 Å². The van der Waals surface area contributed by atoms with Gasteiger partial charge in [0.2, 0.25) is 5.91 Å². The molecular weight excluding hydrogens is 299 g/mol. The molecular formula is C16H15FN4O2. The van der Waals surface area contributed by atoms with E-state index in [0.29, 0.717) is 17.0 Å². The van der Waals surface area contributed by atoms with E-state index in [1.807, 2.05) is 0 Å². The molecule has 2 aromatic rings. The molecule has 0 aliphatic carbocycles. The van der Waals surface area contributed by atoms with E-state index in [9.17, 15) is 14.0 Å². The third kappa shape index (κ3) is 5.31. The summed E-state index contributed by atoms with van der Waals surface area (Å²) in [5, 5.41) is 6.47. The van der Waals surface area contributed by atoms with E-state index in [1.54, 1.807) is 25.3 Å². The Hall–Kier alpha value is -3.09. The van der Waals surface area contributed by atoms with Crippen LogP contribution < -0.4 is 10.7 Å². The molecule has 0 unspecified atom stereocenters. The molecule has 0 saturated carbocycles. The van der Waals surface area contributed by atoms with Gasteiger partial charge >= 0.3 is 0 Å². The molecule has 23 heavy (non-hydrogen) atoms. The number of halogens is 1. The SMILES string of the molecule is CC(CC(=O)Nc1ccc(F)cc1)=NNC(=O)c1cccnc1. The molecule has 2 N–H and O–H groups in total. The molecule has 0 aliphatic rings. The summed E-state index contributed by atoms with van der Waals surface area (Å²) in [6, 6.07) is 8.68. The average Bonchev–Trinajstić information content (AvgIpc) is 2.55. The largest absolute Gasteiger partial charge is 0.326 e. The van der Waals surface area contributed by atoms with Crippen molar-refractivity contribution in [1.29, 1.82) is 0 Å². The van der Waals surface area contributed by atoms with Gasteiger partial charge in [-0.3, -0.25) is 14.6 Å². The van der Waals surface area contributed by atoms with Crippen LogP contribution in [0.5, 0.6) is 0 Å². The average molecular weight is 314 g/mol. The van der Waals surface area contributed by atoms with E-state index in [-0.39, 0.29) is 18.1 Å². The number of benzene rings is 1. The second kappa shape index (κ2) is 7.79. The van der Waals surface area contributed by atoms with Crippen molar-refractivity contribution in [3.05, 3.63) is 60.2 Å². The summed E-state index contributed by atoms with van der Waals surface area (Å²) in [7, 11) is 0. The molecule has 6 nitrogen and oxygen atoms in total. The zero-order valence-corrected chi connectivity index (χ0v) is 12.4. The summed E-state index contributed by atoms with van der Waals surface area (Å²) >= 11 is 0. The van der Waals surface area contributed by atoms with Gasteiger partial charge < -0.3 is 5.32 Å². The lowest BCUT2D eigenvalue weighted by atomic mass is 10.2. The Labute approximate surface area is 132 Å². The molecule has 0 spiro atoms. The highest BCUT2D eigenvalue weighted by atomic mass is 19.1. The molecule has 1 heterocycles. The Morgan fingerprint density at radius 3 is 2.61 bits per heavy atom. The molecule has 0 bridgehead atoms. The molecule has 0 saturated heterocycles. The molecule has 0 radical (unpaired) electrons. The number of hydrogen-bond acceptors (Lipinski definition) is 4. The normalized spacial score (nSPS) is 11.0. The Bertz CT molecular complexity index is 715.